The predicted octanol–water partition coefficient (Wildman–Crippen LogP) is 8.58. The number of H-pyrrole nitrogens is 1. The van der Waals surface area contributed by atoms with Crippen LogP contribution in [-0.4, -0.2) is 39.6 Å². The zero-order chi connectivity index (χ0) is 32.2. The van der Waals surface area contributed by atoms with Gasteiger partial charge >= 0.3 is 0 Å². The average Bonchev–Trinajstić information content (AvgIpc) is 3.47. The van der Waals surface area contributed by atoms with Crippen molar-refractivity contribution in [3.05, 3.63) is 106 Å². The number of ether oxygens (including phenoxy) is 3. The summed E-state index contributed by atoms with van der Waals surface area (Å²) >= 11 is 7.59. The highest BCUT2D eigenvalue weighted by Crippen LogP contribution is 2.44. The molecule has 234 valence electrons. The second-order valence-electron chi connectivity index (χ2n) is 10.0. The van der Waals surface area contributed by atoms with Crippen molar-refractivity contribution < 1.29 is 18.6 Å². The molecule has 0 saturated carbocycles. The van der Waals surface area contributed by atoms with E-state index in [1.54, 1.807) is 28.8 Å². The van der Waals surface area contributed by atoms with Crippen LogP contribution < -0.4 is 19.8 Å². The number of hydrogen-bond donors (Lipinski definition) is 1. The number of halogens is 2. The topological polar surface area (TPSA) is 91.3 Å². The molecule has 0 radical (unpaired) electrons. The summed E-state index contributed by atoms with van der Waals surface area (Å²) in [6.45, 7) is 6.88. The van der Waals surface area contributed by atoms with Crippen LogP contribution >= 0.6 is 23.4 Å². The van der Waals surface area contributed by atoms with E-state index in [1.165, 1.54) is 12.1 Å². The Morgan fingerprint density at radius 1 is 0.826 bits per heavy atom. The van der Waals surface area contributed by atoms with Crippen molar-refractivity contribution >= 4 is 34.3 Å². The number of rotatable bonds is 11. The molecule has 8 nitrogen and oxygen atoms in total. The van der Waals surface area contributed by atoms with Crippen LogP contribution in [0.2, 0.25) is 5.02 Å². The van der Waals surface area contributed by atoms with Gasteiger partial charge in [0.1, 0.15) is 5.82 Å². The van der Waals surface area contributed by atoms with E-state index in [2.05, 4.69) is 15.2 Å². The minimum absolute atomic E-state index is 0.299. The normalized spacial score (nSPS) is 11.2. The third kappa shape index (κ3) is 6.18. The first-order chi connectivity index (χ1) is 22.4. The number of nitrogens with zero attached hydrogens (tertiary/aromatic N) is 3. The Morgan fingerprint density at radius 2 is 1.50 bits per heavy atom. The van der Waals surface area contributed by atoms with Crippen LogP contribution in [0.25, 0.3) is 39.1 Å². The molecule has 0 unspecified atom stereocenters. The Hall–Kier alpha value is -4.80. The van der Waals surface area contributed by atoms with Gasteiger partial charge in [0.15, 0.2) is 17.3 Å². The molecule has 11 heteroatoms. The summed E-state index contributed by atoms with van der Waals surface area (Å²) in [6.07, 6.45) is 0. The molecular formula is C35H30ClFN4O4S. The molecule has 6 aromatic rings. The van der Waals surface area contributed by atoms with Crippen LogP contribution in [0, 0.1) is 5.82 Å². The van der Waals surface area contributed by atoms with E-state index in [-0.39, 0.29) is 11.4 Å². The molecular weight excluding hydrogens is 627 g/mol. The smallest absolute Gasteiger partial charge is 0.263 e. The summed E-state index contributed by atoms with van der Waals surface area (Å²) in [5, 5.41) is 10.8. The summed E-state index contributed by atoms with van der Waals surface area (Å²) in [7, 11) is 0. The van der Waals surface area contributed by atoms with Gasteiger partial charge < -0.3 is 19.2 Å². The van der Waals surface area contributed by atoms with Crippen molar-refractivity contribution in [1.29, 1.82) is 0 Å². The zero-order valence-electron chi connectivity index (χ0n) is 25.3. The lowest BCUT2D eigenvalue weighted by Gasteiger charge is -2.18. The number of hydrogen-bond acceptors (Lipinski definition) is 7. The highest BCUT2D eigenvalue weighted by atomic mass is 35.5. The van der Waals surface area contributed by atoms with Crippen molar-refractivity contribution in [1.82, 2.24) is 19.7 Å². The Balaban J connectivity index is 1.59. The van der Waals surface area contributed by atoms with E-state index >= 15 is 0 Å². The zero-order valence-corrected chi connectivity index (χ0v) is 26.9. The Kier molecular flexibility index (Phi) is 9.28. The molecule has 0 aliphatic rings. The van der Waals surface area contributed by atoms with Crippen LogP contribution in [-0.2, 0) is 0 Å². The van der Waals surface area contributed by atoms with Crippen molar-refractivity contribution in [3.8, 4) is 45.5 Å². The number of pyridine rings is 1. The highest BCUT2D eigenvalue weighted by molar-refractivity contribution is 7.99. The molecule has 0 spiro atoms. The Morgan fingerprint density at radius 3 is 2.15 bits per heavy atom. The first kappa shape index (κ1) is 31.2. The minimum atomic E-state index is -0.389. The lowest BCUT2D eigenvalue weighted by Crippen LogP contribution is -2.11. The molecule has 1 N–H and O–H groups in total. The maximum absolute atomic E-state index is 14.1. The van der Waals surface area contributed by atoms with E-state index in [1.807, 2.05) is 69.3 Å². The highest BCUT2D eigenvalue weighted by Gasteiger charge is 2.24. The van der Waals surface area contributed by atoms with Crippen LogP contribution in [0.15, 0.2) is 99.8 Å². The third-order valence-corrected chi connectivity index (χ3v) is 8.35. The van der Waals surface area contributed by atoms with Gasteiger partial charge in [-0.25, -0.2) is 4.39 Å². The minimum Gasteiger partial charge on any atom is -0.490 e. The van der Waals surface area contributed by atoms with Gasteiger partial charge in [-0.1, -0.05) is 41.9 Å². The van der Waals surface area contributed by atoms with Crippen molar-refractivity contribution in [2.75, 3.05) is 19.8 Å². The van der Waals surface area contributed by atoms with Crippen LogP contribution in [0.5, 0.6) is 17.2 Å². The van der Waals surface area contributed by atoms with Gasteiger partial charge in [0.05, 0.1) is 24.7 Å². The van der Waals surface area contributed by atoms with Crippen molar-refractivity contribution in [3.63, 3.8) is 0 Å². The summed E-state index contributed by atoms with van der Waals surface area (Å²) in [4.78, 5) is 17.2. The third-order valence-electron chi connectivity index (χ3n) is 7.07. The molecule has 0 atom stereocenters. The fourth-order valence-corrected chi connectivity index (χ4v) is 6.38. The van der Waals surface area contributed by atoms with E-state index < -0.39 is 0 Å². The first-order valence-corrected chi connectivity index (χ1v) is 16.0. The summed E-state index contributed by atoms with van der Waals surface area (Å²) in [6, 6.07) is 24.6. The average molecular weight is 657 g/mol. The fraction of sp³-hybridized carbons (Fsp3) is 0.171. The Bertz CT molecular complexity index is 2040. The van der Waals surface area contributed by atoms with Gasteiger partial charge in [-0.2, -0.15) is 0 Å². The Labute approximate surface area is 274 Å². The number of aromatic amines is 1. The SMILES string of the molecule is CCOc1cc(-c2nnc(Sc3c(-c4ccccc4)c4cc(Cl)ccc4[nH]c3=O)n2-c2ccc(F)cc2)cc(OCC)c1OCC. The second-order valence-corrected chi connectivity index (χ2v) is 11.4. The molecule has 6 rings (SSSR count). The quantitative estimate of drug-likeness (QED) is 0.149. The van der Waals surface area contributed by atoms with Gasteiger partial charge in [0.25, 0.3) is 5.56 Å². The molecule has 0 bridgehead atoms. The standard InChI is InChI=1S/C35H30ClFN4O4S/c1-4-43-28-18-22(19-29(44-5-2)31(28)45-6-3)33-39-40-35(41(33)25-15-13-24(37)14-16-25)46-32-30(21-10-8-7-9-11-21)26-20-23(36)12-17-27(26)38-34(32)42/h7-20H,4-6H2,1-3H3,(H,38,42). The number of fused-ring (bicyclic) bond motifs is 1. The second kappa shape index (κ2) is 13.7. The molecule has 0 amide bonds. The van der Waals surface area contributed by atoms with E-state index in [0.717, 1.165) is 22.7 Å². The van der Waals surface area contributed by atoms with Crippen molar-refractivity contribution in [2.24, 2.45) is 0 Å². The number of benzene rings is 4. The van der Waals surface area contributed by atoms with Crippen molar-refractivity contribution in [2.45, 2.75) is 30.8 Å². The molecule has 2 aromatic heterocycles. The summed E-state index contributed by atoms with van der Waals surface area (Å²) in [5.74, 6) is 1.51. The van der Waals surface area contributed by atoms with Gasteiger partial charge in [0.2, 0.25) is 10.9 Å². The predicted molar refractivity (Wildman–Crippen MR) is 179 cm³/mol. The molecule has 4 aromatic carbocycles. The van der Waals surface area contributed by atoms with E-state index in [4.69, 9.17) is 25.8 Å². The molecule has 46 heavy (non-hydrogen) atoms. The van der Waals surface area contributed by atoms with E-state index in [0.29, 0.717) is 80.3 Å². The lowest BCUT2D eigenvalue weighted by atomic mass is 10.0. The van der Waals surface area contributed by atoms with Crippen LogP contribution in [0.4, 0.5) is 4.39 Å². The van der Waals surface area contributed by atoms with Crippen LogP contribution in [0.3, 0.4) is 0 Å². The lowest BCUT2D eigenvalue weighted by molar-refractivity contribution is 0.261. The molecule has 0 saturated heterocycles. The monoisotopic (exact) mass is 656 g/mol. The summed E-state index contributed by atoms with van der Waals surface area (Å²) < 4.78 is 33.7. The molecule has 0 aliphatic carbocycles. The van der Waals surface area contributed by atoms with Gasteiger partial charge in [-0.15, -0.1) is 10.2 Å². The molecule has 0 aliphatic heterocycles. The van der Waals surface area contributed by atoms with Gasteiger partial charge in [-0.3, -0.25) is 9.36 Å². The number of nitrogens with one attached hydrogen (secondary N) is 1. The van der Waals surface area contributed by atoms with Gasteiger partial charge in [-0.05, 0) is 92.7 Å². The van der Waals surface area contributed by atoms with Crippen LogP contribution in [0.1, 0.15) is 20.8 Å². The molecule has 2 heterocycles. The molecule has 0 fully saturated rings. The number of aromatic nitrogens is 4. The maximum atomic E-state index is 14.1. The largest absolute Gasteiger partial charge is 0.490 e. The van der Waals surface area contributed by atoms with Gasteiger partial charge in [0, 0.05) is 32.7 Å². The first-order valence-electron chi connectivity index (χ1n) is 14.8. The summed E-state index contributed by atoms with van der Waals surface area (Å²) in [5.41, 5.74) is 3.12. The van der Waals surface area contributed by atoms with E-state index in [9.17, 15) is 9.18 Å². The maximum Gasteiger partial charge on any atom is 0.263 e. The fourth-order valence-electron chi connectivity index (χ4n) is 5.19.